The van der Waals surface area contributed by atoms with Crippen LogP contribution in [0.5, 0.6) is 0 Å². The van der Waals surface area contributed by atoms with Crippen molar-refractivity contribution in [2.24, 2.45) is 0 Å². The fourth-order valence-electron chi connectivity index (χ4n) is 4.39. The number of H-pyrrole nitrogens is 2. The molecular formula is C24H25BrN6. The Morgan fingerprint density at radius 2 is 1.68 bits per heavy atom. The van der Waals surface area contributed by atoms with Gasteiger partial charge in [-0.3, -0.25) is 4.90 Å². The highest BCUT2D eigenvalue weighted by molar-refractivity contribution is 9.10. The van der Waals surface area contributed by atoms with E-state index in [-0.39, 0.29) is 0 Å². The molecule has 3 heterocycles. The van der Waals surface area contributed by atoms with Crippen molar-refractivity contribution in [2.45, 2.75) is 32.1 Å². The van der Waals surface area contributed by atoms with Crippen molar-refractivity contribution in [1.82, 2.24) is 24.8 Å². The third kappa shape index (κ3) is 4.73. The molecule has 1 unspecified atom stereocenters. The Hall–Kier alpha value is -2.90. The molecule has 2 aromatic heterocycles. The molecule has 158 valence electrons. The number of imidazole rings is 2. The third-order valence-electron chi connectivity index (χ3n) is 5.86. The van der Waals surface area contributed by atoms with Gasteiger partial charge in [0, 0.05) is 53.9 Å². The summed E-state index contributed by atoms with van der Waals surface area (Å²) in [6.07, 6.45) is 8.34. The Bertz CT molecular complexity index is 1090. The van der Waals surface area contributed by atoms with E-state index in [1.165, 1.54) is 16.8 Å². The number of aromatic nitrogens is 4. The zero-order valence-electron chi connectivity index (χ0n) is 17.2. The first-order chi connectivity index (χ1) is 15.2. The summed E-state index contributed by atoms with van der Waals surface area (Å²) >= 11 is 3.68. The molecule has 7 heteroatoms. The van der Waals surface area contributed by atoms with Gasteiger partial charge in [0.2, 0.25) is 0 Å². The molecule has 1 atom stereocenters. The molecule has 0 aliphatic carbocycles. The molecule has 6 nitrogen and oxygen atoms in total. The molecule has 5 rings (SSSR count). The molecular weight excluding hydrogens is 452 g/mol. The second-order valence-corrected chi connectivity index (χ2v) is 8.97. The lowest BCUT2D eigenvalue weighted by Gasteiger charge is -2.32. The average Bonchev–Trinajstić information content (AvgIpc) is 3.45. The second-order valence-electron chi connectivity index (χ2n) is 8.06. The van der Waals surface area contributed by atoms with E-state index >= 15 is 0 Å². The summed E-state index contributed by atoms with van der Waals surface area (Å²) in [7, 11) is 0. The van der Waals surface area contributed by atoms with E-state index in [9.17, 15) is 0 Å². The molecule has 0 amide bonds. The monoisotopic (exact) mass is 476 g/mol. The lowest BCUT2D eigenvalue weighted by molar-refractivity contribution is 0.182. The minimum atomic E-state index is 0.347. The van der Waals surface area contributed by atoms with E-state index in [4.69, 9.17) is 0 Å². The maximum Gasteiger partial charge on any atom is 0.0922 e. The van der Waals surface area contributed by atoms with Gasteiger partial charge in [-0.1, -0.05) is 46.3 Å². The van der Waals surface area contributed by atoms with Crippen LogP contribution < -0.4 is 4.90 Å². The van der Waals surface area contributed by atoms with Gasteiger partial charge in [-0.25, -0.2) is 9.97 Å². The molecule has 0 spiro atoms. The highest BCUT2D eigenvalue weighted by Gasteiger charge is 2.29. The molecule has 2 N–H and O–H groups in total. The van der Waals surface area contributed by atoms with Crippen LogP contribution in [0.4, 0.5) is 5.69 Å². The van der Waals surface area contributed by atoms with Gasteiger partial charge in [-0.05, 0) is 35.7 Å². The first-order valence-corrected chi connectivity index (χ1v) is 11.3. The normalized spacial score (nSPS) is 16.8. The summed E-state index contributed by atoms with van der Waals surface area (Å²) in [5, 5.41) is 0. The maximum absolute atomic E-state index is 4.23. The average molecular weight is 477 g/mol. The number of nitrogens with zero attached hydrogens (tertiary/aromatic N) is 4. The van der Waals surface area contributed by atoms with Crippen molar-refractivity contribution in [3.63, 3.8) is 0 Å². The summed E-state index contributed by atoms with van der Waals surface area (Å²) in [6.45, 7) is 3.45. The Morgan fingerprint density at radius 3 is 2.39 bits per heavy atom. The Balaban J connectivity index is 1.51. The van der Waals surface area contributed by atoms with Crippen LogP contribution in [0, 0.1) is 0 Å². The molecule has 0 radical (unpaired) electrons. The van der Waals surface area contributed by atoms with Gasteiger partial charge >= 0.3 is 0 Å². The largest absolute Gasteiger partial charge is 0.364 e. The topological polar surface area (TPSA) is 63.8 Å². The van der Waals surface area contributed by atoms with Crippen molar-refractivity contribution >= 4 is 21.6 Å². The lowest BCUT2D eigenvalue weighted by atomic mass is 10.0. The molecule has 0 saturated heterocycles. The van der Waals surface area contributed by atoms with Crippen LogP contribution in [0.3, 0.4) is 0 Å². The summed E-state index contributed by atoms with van der Waals surface area (Å²) in [4.78, 5) is 20.1. The van der Waals surface area contributed by atoms with Crippen LogP contribution in [0.25, 0.3) is 0 Å². The van der Waals surface area contributed by atoms with E-state index in [2.05, 4.69) is 94.2 Å². The fraction of sp³-hybridized carbons (Fsp3) is 0.250. The zero-order chi connectivity index (χ0) is 21.0. The van der Waals surface area contributed by atoms with Gasteiger partial charge in [-0.15, -0.1) is 0 Å². The molecule has 31 heavy (non-hydrogen) atoms. The molecule has 4 aromatic rings. The van der Waals surface area contributed by atoms with Gasteiger partial charge in [0.25, 0.3) is 0 Å². The van der Waals surface area contributed by atoms with Crippen molar-refractivity contribution in [3.8, 4) is 0 Å². The highest BCUT2D eigenvalue weighted by Crippen LogP contribution is 2.32. The van der Waals surface area contributed by atoms with E-state index in [0.717, 1.165) is 48.5 Å². The number of halogens is 1. The number of hydrogen-bond donors (Lipinski definition) is 2. The Morgan fingerprint density at radius 1 is 0.935 bits per heavy atom. The predicted molar refractivity (Wildman–Crippen MR) is 126 cm³/mol. The van der Waals surface area contributed by atoms with Crippen molar-refractivity contribution in [1.29, 1.82) is 0 Å². The molecule has 0 saturated carbocycles. The standard InChI is InChI=1S/C24H25BrN6/c25-20-6-7-24-19(9-20)12-30(13-21-10-26-16-28-21)23(8-18-4-2-1-3-5-18)15-31(24)14-22-11-27-17-29-22/h1-7,9-11,16-17,23H,8,12-15H2,(H,26,28)(H,27,29). The van der Waals surface area contributed by atoms with Crippen molar-refractivity contribution in [2.75, 3.05) is 11.4 Å². The number of fused-ring (bicyclic) bond motifs is 1. The number of anilines is 1. The quantitative estimate of drug-likeness (QED) is 0.429. The lowest BCUT2D eigenvalue weighted by Crippen LogP contribution is -2.42. The number of aromatic amines is 2. The summed E-state index contributed by atoms with van der Waals surface area (Å²) in [5.74, 6) is 0. The molecule has 0 bridgehead atoms. The van der Waals surface area contributed by atoms with E-state index in [1.807, 2.05) is 12.4 Å². The fourth-order valence-corrected chi connectivity index (χ4v) is 4.80. The third-order valence-corrected chi connectivity index (χ3v) is 6.35. The second kappa shape index (κ2) is 9.08. The summed E-state index contributed by atoms with van der Waals surface area (Å²) in [6, 6.07) is 17.7. The van der Waals surface area contributed by atoms with Gasteiger partial charge in [-0.2, -0.15) is 0 Å². The van der Waals surface area contributed by atoms with Crippen molar-refractivity contribution in [3.05, 3.63) is 101 Å². The van der Waals surface area contributed by atoms with Gasteiger partial charge in [0.1, 0.15) is 0 Å². The minimum absolute atomic E-state index is 0.347. The molecule has 1 aliphatic heterocycles. The number of hydrogen-bond acceptors (Lipinski definition) is 4. The van der Waals surface area contributed by atoms with E-state index in [0.29, 0.717) is 6.04 Å². The Kier molecular flexibility index (Phi) is 5.86. The number of benzene rings is 2. The van der Waals surface area contributed by atoms with Crippen LogP contribution in [0.2, 0.25) is 0 Å². The SMILES string of the molecule is Brc1ccc2c(c1)CN(Cc1cnc[nH]1)C(Cc1ccccc1)CN2Cc1cnc[nH]1. The highest BCUT2D eigenvalue weighted by atomic mass is 79.9. The van der Waals surface area contributed by atoms with Crippen LogP contribution in [-0.2, 0) is 26.1 Å². The number of nitrogens with one attached hydrogen (secondary N) is 2. The van der Waals surface area contributed by atoms with Gasteiger partial charge in [0.05, 0.1) is 24.9 Å². The van der Waals surface area contributed by atoms with Gasteiger partial charge < -0.3 is 14.9 Å². The molecule has 1 aliphatic rings. The smallest absolute Gasteiger partial charge is 0.0922 e. The van der Waals surface area contributed by atoms with Crippen molar-refractivity contribution < 1.29 is 0 Å². The van der Waals surface area contributed by atoms with E-state index in [1.54, 1.807) is 12.7 Å². The van der Waals surface area contributed by atoms with E-state index < -0.39 is 0 Å². The predicted octanol–water partition coefficient (Wildman–Crippen LogP) is 4.53. The van der Waals surface area contributed by atoms with Crippen LogP contribution in [0.1, 0.15) is 22.5 Å². The van der Waals surface area contributed by atoms with Crippen LogP contribution >= 0.6 is 15.9 Å². The maximum atomic E-state index is 4.23. The summed E-state index contributed by atoms with van der Waals surface area (Å²) in [5.41, 5.74) is 6.22. The van der Waals surface area contributed by atoms with Crippen LogP contribution in [0.15, 0.2) is 78.1 Å². The van der Waals surface area contributed by atoms with Crippen LogP contribution in [-0.4, -0.2) is 37.4 Å². The van der Waals surface area contributed by atoms with Gasteiger partial charge in [0.15, 0.2) is 0 Å². The summed E-state index contributed by atoms with van der Waals surface area (Å²) < 4.78 is 1.11. The minimum Gasteiger partial charge on any atom is -0.364 e. The molecule has 2 aromatic carbocycles. The number of rotatable bonds is 6. The molecule has 0 fully saturated rings. The Labute approximate surface area is 190 Å². The zero-order valence-corrected chi connectivity index (χ0v) is 18.8. The first-order valence-electron chi connectivity index (χ1n) is 10.5. The first kappa shape index (κ1) is 20.0.